The van der Waals surface area contributed by atoms with Gasteiger partial charge in [0.15, 0.2) is 5.79 Å². The minimum Gasteiger partial charge on any atom is -0.384 e. The predicted molar refractivity (Wildman–Crippen MR) is 108 cm³/mol. The number of nitrogens with one attached hydrogen (secondary N) is 1. The SMILES string of the molecule is C(=Nc1ccc(N2CCC3(CC2)OCCO3)cc1)C1CNc2ccccc21. The molecule has 27 heavy (non-hydrogen) atoms. The molecule has 2 fully saturated rings. The molecule has 1 unspecified atom stereocenters. The van der Waals surface area contributed by atoms with Gasteiger partial charge in [0.25, 0.3) is 0 Å². The largest absolute Gasteiger partial charge is 0.384 e. The van der Waals surface area contributed by atoms with Gasteiger partial charge < -0.3 is 19.7 Å². The van der Waals surface area contributed by atoms with Crippen LogP contribution >= 0.6 is 0 Å². The van der Waals surface area contributed by atoms with Gasteiger partial charge in [-0.3, -0.25) is 4.99 Å². The molecule has 3 aliphatic rings. The maximum Gasteiger partial charge on any atom is 0.171 e. The first-order chi connectivity index (χ1) is 13.3. The lowest BCUT2D eigenvalue weighted by molar-refractivity contribution is -0.169. The van der Waals surface area contributed by atoms with Crippen molar-refractivity contribution in [1.29, 1.82) is 0 Å². The van der Waals surface area contributed by atoms with Crippen molar-refractivity contribution in [2.75, 3.05) is 43.1 Å². The van der Waals surface area contributed by atoms with Gasteiger partial charge in [0.1, 0.15) is 0 Å². The number of hydrogen-bond donors (Lipinski definition) is 1. The normalized spacial score (nSPS) is 23.7. The standard InChI is InChI=1S/C22H25N3O2/c1-2-4-21-20(3-1)17(16-24-21)15-23-18-5-7-19(8-6-18)25-11-9-22(10-12-25)26-13-14-27-22/h1-8,15,17,24H,9-14,16H2. The number of aliphatic imine (C=N–C) groups is 1. The van der Waals surface area contributed by atoms with Gasteiger partial charge in [-0.2, -0.15) is 0 Å². The highest BCUT2D eigenvalue weighted by Gasteiger charge is 2.39. The highest BCUT2D eigenvalue weighted by Crippen LogP contribution is 2.34. The first-order valence-corrected chi connectivity index (χ1v) is 9.81. The molecule has 1 N–H and O–H groups in total. The maximum absolute atomic E-state index is 5.82. The Morgan fingerprint density at radius 2 is 1.74 bits per heavy atom. The van der Waals surface area contributed by atoms with Gasteiger partial charge in [0.2, 0.25) is 0 Å². The summed E-state index contributed by atoms with van der Waals surface area (Å²) in [6.07, 6.45) is 3.93. The third kappa shape index (κ3) is 3.33. The van der Waals surface area contributed by atoms with Crippen molar-refractivity contribution in [2.45, 2.75) is 24.5 Å². The van der Waals surface area contributed by atoms with Crippen molar-refractivity contribution in [2.24, 2.45) is 4.99 Å². The second-order valence-electron chi connectivity index (χ2n) is 7.46. The Morgan fingerprint density at radius 1 is 1.00 bits per heavy atom. The zero-order valence-corrected chi connectivity index (χ0v) is 15.4. The quantitative estimate of drug-likeness (QED) is 0.839. The molecule has 1 spiro atoms. The molecule has 0 radical (unpaired) electrons. The van der Waals surface area contributed by atoms with Gasteiger partial charge in [-0.25, -0.2) is 0 Å². The molecule has 140 valence electrons. The van der Waals surface area contributed by atoms with E-state index < -0.39 is 0 Å². The van der Waals surface area contributed by atoms with Crippen molar-refractivity contribution < 1.29 is 9.47 Å². The number of hydrogen-bond acceptors (Lipinski definition) is 5. The van der Waals surface area contributed by atoms with Gasteiger partial charge in [-0.15, -0.1) is 0 Å². The Hall–Kier alpha value is -2.37. The van der Waals surface area contributed by atoms with E-state index in [0.717, 1.165) is 51.4 Å². The van der Waals surface area contributed by atoms with E-state index in [4.69, 9.17) is 14.5 Å². The molecule has 0 bridgehead atoms. The topological polar surface area (TPSA) is 46.1 Å². The van der Waals surface area contributed by atoms with Gasteiger partial charge in [0, 0.05) is 56.0 Å². The molecule has 2 aromatic rings. The summed E-state index contributed by atoms with van der Waals surface area (Å²) in [5.74, 6) is 0.0253. The average Bonchev–Trinajstić information content (AvgIpc) is 3.35. The number of para-hydroxylation sites is 1. The second-order valence-corrected chi connectivity index (χ2v) is 7.46. The molecule has 0 amide bonds. The van der Waals surface area contributed by atoms with E-state index in [1.807, 2.05) is 0 Å². The highest BCUT2D eigenvalue weighted by atomic mass is 16.7. The fourth-order valence-electron chi connectivity index (χ4n) is 4.26. The minimum atomic E-state index is -0.313. The summed E-state index contributed by atoms with van der Waals surface area (Å²) in [4.78, 5) is 7.11. The Labute approximate surface area is 160 Å². The van der Waals surface area contributed by atoms with E-state index in [2.05, 4.69) is 65.0 Å². The van der Waals surface area contributed by atoms with Gasteiger partial charge >= 0.3 is 0 Å². The van der Waals surface area contributed by atoms with E-state index in [1.54, 1.807) is 0 Å². The fraction of sp³-hybridized carbons (Fsp3) is 0.409. The van der Waals surface area contributed by atoms with Crippen LogP contribution in [0, 0.1) is 0 Å². The lowest BCUT2D eigenvalue weighted by atomic mass is 10.0. The number of piperidine rings is 1. The van der Waals surface area contributed by atoms with Gasteiger partial charge in [-0.1, -0.05) is 18.2 Å². The number of fused-ring (bicyclic) bond motifs is 1. The van der Waals surface area contributed by atoms with Gasteiger partial charge in [0.05, 0.1) is 18.9 Å². The Bertz CT molecular complexity index is 818. The number of rotatable bonds is 3. The van der Waals surface area contributed by atoms with Crippen LogP contribution in [0.2, 0.25) is 0 Å². The summed E-state index contributed by atoms with van der Waals surface area (Å²) in [6.45, 7) is 4.31. The molecule has 0 aliphatic carbocycles. The van der Waals surface area contributed by atoms with Crippen LogP contribution in [0.4, 0.5) is 17.1 Å². The Balaban J connectivity index is 1.22. The first-order valence-electron chi connectivity index (χ1n) is 9.81. The van der Waals surface area contributed by atoms with Crippen LogP contribution in [0.3, 0.4) is 0 Å². The molecule has 0 saturated carbocycles. The molecule has 3 heterocycles. The predicted octanol–water partition coefficient (Wildman–Crippen LogP) is 3.94. The van der Waals surface area contributed by atoms with Crippen molar-refractivity contribution in [1.82, 2.24) is 0 Å². The van der Waals surface area contributed by atoms with Gasteiger partial charge in [-0.05, 0) is 35.9 Å². The van der Waals surface area contributed by atoms with Crippen molar-refractivity contribution in [3.63, 3.8) is 0 Å². The lowest BCUT2D eigenvalue weighted by Crippen LogP contribution is -2.45. The minimum absolute atomic E-state index is 0.313. The maximum atomic E-state index is 5.82. The third-order valence-electron chi connectivity index (χ3n) is 5.83. The van der Waals surface area contributed by atoms with Crippen LogP contribution in [-0.4, -0.2) is 44.8 Å². The summed E-state index contributed by atoms with van der Waals surface area (Å²) in [5, 5.41) is 3.44. The monoisotopic (exact) mass is 363 g/mol. The van der Waals surface area contributed by atoms with E-state index in [0.29, 0.717) is 5.92 Å². The molecule has 1 atom stereocenters. The molecular weight excluding hydrogens is 338 g/mol. The molecule has 2 aromatic carbocycles. The summed E-state index contributed by atoms with van der Waals surface area (Å²) >= 11 is 0. The summed E-state index contributed by atoms with van der Waals surface area (Å²) < 4.78 is 11.6. The highest BCUT2D eigenvalue weighted by molar-refractivity contribution is 5.78. The van der Waals surface area contributed by atoms with Crippen LogP contribution in [0.5, 0.6) is 0 Å². The Morgan fingerprint density at radius 3 is 2.52 bits per heavy atom. The van der Waals surface area contributed by atoms with E-state index in [-0.39, 0.29) is 5.79 Å². The van der Waals surface area contributed by atoms with Crippen molar-refractivity contribution >= 4 is 23.3 Å². The molecule has 3 aliphatic heterocycles. The van der Waals surface area contributed by atoms with E-state index >= 15 is 0 Å². The Kier molecular flexibility index (Phi) is 4.34. The van der Waals surface area contributed by atoms with Crippen molar-refractivity contribution in [3.05, 3.63) is 54.1 Å². The molecule has 0 aromatic heterocycles. The average molecular weight is 363 g/mol. The van der Waals surface area contributed by atoms with Crippen LogP contribution < -0.4 is 10.2 Å². The summed E-state index contributed by atoms with van der Waals surface area (Å²) in [7, 11) is 0. The fourth-order valence-corrected chi connectivity index (χ4v) is 4.26. The molecule has 5 heteroatoms. The smallest absolute Gasteiger partial charge is 0.171 e. The molecule has 5 rings (SSSR count). The van der Waals surface area contributed by atoms with Crippen LogP contribution in [0.1, 0.15) is 24.3 Å². The van der Waals surface area contributed by atoms with E-state index in [9.17, 15) is 0 Å². The summed E-state index contributed by atoms with van der Waals surface area (Å²) in [6, 6.07) is 17.0. The molecule has 2 saturated heterocycles. The number of benzene rings is 2. The van der Waals surface area contributed by atoms with Crippen LogP contribution in [-0.2, 0) is 9.47 Å². The second kappa shape index (κ2) is 6.98. The zero-order chi connectivity index (χ0) is 18.1. The molecule has 5 nitrogen and oxygen atoms in total. The number of ether oxygens (including phenoxy) is 2. The van der Waals surface area contributed by atoms with Crippen LogP contribution in [0.25, 0.3) is 0 Å². The summed E-state index contributed by atoms with van der Waals surface area (Å²) in [5.41, 5.74) is 4.80. The first kappa shape index (κ1) is 16.8. The lowest BCUT2D eigenvalue weighted by Gasteiger charge is -2.38. The zero-order valence-electron chi connectivity index (χ0n) is 15.4. The van der Waals surface area contributed by atoms with Crippen molar-refractivity contribution in [3.8, 4) is 0 Å². The third-order valence-corrected chi connectivity index (χ3v) is 5.83. The number of anilines is 2. The van der Waals surface area contributed by atoms with E-state index in [1.165, 1.54) is 16.9 Å². The van der Waals surface area contributed by atoms with Crippen LogP contribution in [0.15, 0.2) is 53.5 Å². The molecular formula is C22H25N3O2. The number of nitrogens with zero attached hydrogens (tertiary/aromatic N) is 2.